The molecule has 2 aliphatic rings. The Labute approximate surface area is 190 Å². The molecular weight excluding hydrogens is 436 g/mol. The summed E-state index contributed by atoms with van der Waals surface area (Å²) < 4.78 is 56.9. The smallest absolute Gasteiger partial charge is 0.444 e. The van der Waals surface area contributed by atoms with E-state index in [0.717, 1.165) is 28.8 Å². The molecule has 2 heterocycles. The van der Waals surface area contributed by atoms with Crippen LogP contribution in [0.5, 0.6) is 0 Å². The number of nitrogens with zero attached hydrogens (tertiary/aromatic N) is 1. The zero-order valence-electron chi connectivity index (χ0n) is 18.9. The van der Waals surface area contributed by atoms with Gasteiger partial charge in [-0.15, -0.1) is 0 Å². The fourth-order valence-electron chi connectivity index (χ4n) is 4.17. The molecule has 2 N–H and O–H groups in total. The molecule has 0 aromatic heterocycles. The third-order valence-corrected chi connectivity index (χ3v) is 6.59. The van der Waals surface area contributed by atoms with Crippen molar-refractivity contribution in [3.8, 4) is 0 Å². The number of carbonyl (C=O) groups is 1. The van der Waals surface area contributed by atoms with Gasteiger partial charge in [-0.3, -0.25) is 0 Å². The average Bonchev–Trinajstić information content (AvgIpc) is 2.93. The third kappa shape index (κ3) is 4.41. The van der Waals surface area contributed by atoms with Crippen molar-refractivity contribution in [2.24, 2.45) is 5.73 Å². The Balaban J connectivity index is 1.76. The molecule has 2 aromatic carbocycles. The van der Waals surface area contributed by atoms with Gasteiger partial charge in [-0.1, -0.05) is 12.1 Å². The van der Waals surface area contributed by atoms with Crippen LogP contribution in [-0.4, -0.2) is 37.1 Å². The Hall–Kier alpha value is -2.72. The molecule has 10 heteroatoms. The highest BCUT2D eigenvalue weighted by molar-refractivity contribution is 6.62. The number of carbonyl (C=O) groups excluding carboxylic acids is 1. The van der Waals surface area contributed by atoms with Gasteiger partial charge < -0.3 is 24.7 Å². The lowest BCUT2D eigenvalue weighted by Gasteiger charge is -2.37. The molecule has 0 saturated carbocycles. The molecule has 0 bridgehead atoms. The molecule has 33 heavy (non-hydrogen) atoms. The average molecular weight is 462 g/mol. The lowest BCUT2D eigenvalue weighted by Crippen LogP contribution is -2.45. The minimum Gasteiger partial charge on any atom is -0.444 e. The van der Waals surface area contributed by atoms with Crippen molar-refractivity contribution in [2.75, 3.05) is 11.4 Å². The van der Waals surface area contributed by atoms with E-state index in [1.165, 1.54) is 12.1 Å². The van der Waals surface area contributed by atoms with E-state index in [1.54, 1.807) is 0 Å². The van der Waals surface area contributed by atoms with E-state index in [2.05, 4.69) is 0 Å². The second-order valence-corrected chi connectivity index (χ2v) is 9.35. The first-order valence-corrected chi connectivity index (χ1v) is 10.7. The number of benzene rings is 2. The molecule has 1 atom stereocenters. The second kappa shape index (κ2) is 7.95. The SMILES string of the molecule is CC1(C)OB(c2cccc3c2CC(OC(N)=O)CN3c2ccc(C(F)(F)F)cc2)OC1(C)C. The number of nitrogens with two attached hydrogens (primary N) is 1. The quantitative estimate of drug-likeness (QED) is 0.694. The highest BCUT2D eigenvalue weighted by atomic mass is 19.4. The third-order valence-electron chi connectivity index (χ3n) is 6.59. The minimum absolute atomic E-state index is 0.244. The number of halogens is 3. The van der Waals surface area contributed by atoms with Gasteiger partial charge in [0.1, 0.15) is 6.10 Å². The van der Waals surface area contributed by atoms with Crippen LogP contribution < -0.4 is 16.1 Å². The van der Waals surface area contributed by atoms with Crippen molar-refractivity contribution in [2.45, 2.75) is 57.6 Å². The first kappa shape index (κ1) is 23.4. The lowest BCUT2D eigenvalue weighted by atomic mass is 9.73. The van der Waals surface area contributed by atoms with E-state index in [0.29, 0.717) is 12.1 Å². The predicted octanol–water partition coefficient (Wildman–Crippen LogP) is 4.16. The van der Waals surface area contributed by atoms with Crippen LogP contribution in [0.2, 0.25) is 0 Å². The van der Waals surface area contributed by atoms with Gasteiger partial charge >= 0.3 is 19.4 Å². The number of amides is 1. The standard InChI is InChI=1S/C23H26BF3N2O4/c1-21(2)22(3,4)33-24(32-21)18-6-5-7-19-17(18)12-16(31-20(28)30)13-29(19)15-10-8-14(9-11-15)23(25,26)27/h5-11,16H,12-13H2,1-4H3,(H2,28,30). The van der Waals surface area contributed by atoms with E-state index in [4.69, 9.17) is 19.8 Å². The van der Waals surface area contributed by atoms with Crippen LogP contribution in [0, 0.1) is 0 Å². The fraction of sp³-hybridized carbons (Fsp3) is 0.435. The molecule has 0 radical (unpaired) electrons. The fourth-order valence-corrected chi connectivity index (χ4v) is 4.17. The van der Waals surface area contributed by atoms with Crippen LogP contribution in [-0.2, 0) is 26.6 Å². The van der Waals surface area contributed by atoms with E-state index >= 15 is 0 Å². The number of hydrogen-bond acceptors (Lipinski definition) is 5. The summed E-state index contributed by atoms with van der Waals surface area (Å²) in [4.78, 5) is 13.3. The van der Waals surface area contributed by atoms with Gasteiger partial charge in [0.05, 0.1) is 23.3 Å². The summed E-state index contributed by atoms with van der Waals surface area (Å²) in [5, 5.41) is 0. The van der Waals surface area contributed by atoms with Crippen LogP contribution in [0.4, 0.5) is 29.3 Å². The normalized spacial score (nSPS) is 21.6. The number of hydrogen-bond donors (Lipinski definition) is 1. The number of alkyl halides is 3. The van der Waals surface area contributed by atoms with Crippen molar-refractivity contribution < 1.29 is 32.0 Å². The van der Waals surface area contributed by atoms with Crippen molar-refractivity contribution in [3.63, 3.8) is 0 Å². The highest BCUT2D eigenvalue weighted by Crippen LogP contribution is 2.39. The van der Waals surface area contributed by atoms with Crippen molar-refractivity contribution in [1.29, 1.82) is 0 Å². The van der Waals surface area contributed by atoms with Gasteiger partial charge in [-0.25, -0.2) is 4.79 Å². The summed E-state index contributed by atoms with van der Waals surface area (Å²) >= 11 is 0. The maximum atomic E-state index is 13.0. The van der Waals surface area contributed by atoms with Crippen LogP contribution in [0.15, 0.2) is 42.5 Å². The molecule has 0 aliphatic carbocycles. The lowest BCUT2D eigenvalue weighted by molar-refractivity contribution is -0.137. The van der Waals surface area contributed by atoms with Crippen molar-refractivity contribution >= 4 is 30.0 Å². The molecule has 0 spiro atoms. The van der Waals surface area contributed by atoms with Gasteiger partial charge in [0.2, 0.25) is 0 Å². The molecule has 176 valence electrons. The molecule has 6 nitrogen and oxygen atoms in total. The number of anilines is 2. The van der Waals surface area contributed by atoms with E-state index in [-0.39, 0.29) is 6.54 Å². The van der Waals surface area contributed by atoms with Gasteiger partial charge in [0.25, 0.3) is 0 Å². The monoisotopic (exact) mass is 462 g/mol. The minimum atomic E-state index is -4.43. The number of fused-ring (bicyclic) bond motifs is 1. The van der Waals surface area contributed by atoms with E-state index in [1.807, 2.05) is 50.8 Å². The molecule has 4 rings (SSSR count). The number of primary amides is 1. The first-order chi connectivity index (χ1) is 15.3. The van der Waals surface area contributed by atoms with Gasteiger partial charge in [0.15, 0.2) is 0 Å². The zero-order valence-corrected chi connectivity index (χ0v) is 18.9. The van der Waals surface area contributed by atoms with E-state index in [9.17, 15) is 18.0 Å². The number of ether oxygens (including phenoxy) is 1. The molecular formula is C23H26BF3N2O4. The summed E-state index contributed by atoms with van der Waals surface area (Å²) in [5.41, 5.74) is 6.36. The summed E-state index contributed by atoms with van der Waals surface area (Å²) in [5.74, 6) is 0. The van der Waals surface area contributed by atoms with Gasteiger partial charge in [0, 0.05) is 17.8 Å². The van der Waals surface area contributed by atoms with E-state index < -0.39 is 42.3 Å². The van der Waals surface area contributed by atoms with Crippen molar-refractivity contribution in [3.05, 3.63) is 53.6 Å². The molecule has 1 fully saturated rings. The Bertz CT molecular complexity index is 1040. The molecule has 1 unspecified atom stereocenters. The van der Waals surface area contributed by atoms with Crippen molar-refractivity contribution in [1.82, 2.24) is 0 Å². The largest absolute Gasteiger partial charge is 0.495 e. The molecule has 1 amide bonds. The summed E-state index contributed by atoms with van der Waals surface area (Å²) in [6.07, 6.45) is -5.57. The van der Waals surface area contributed by atoms with Gasteiger partial charge in [-0.05, 0) is 69.1 Å². The van der Waals surface area contributed by atoms with Crippen LogP contribution >= 0.6 is 0 Å². The van der Waals surface area contributed by atoms with Crippen LogP contribution in [0.3, 0.4) is 0 Å². The topological polar surface area (TPSA) is 74.0 Å². The maximum Gasteiger partial charge on any atom is 0.495 e. The Kier molecular flexibility index (Phi) is 5.65. The highest BCUT2D eigenvalue weighted by Gasteiger charge is 2.52. The predicted molar refractivity (Wildman–Crippen MR) is 119 cm³/mol. The first-order valence-electron chi connectivity index (χ1n) is 10.7. The summed E-state index contributed by atoms with van der Waals surface area (Å²) in [6, 6.07) is 10.5. The Morgan fingerprint density at radius 2 is 1.70 bits per heavy atom. The Morgan fingerprint density at radius 1 is 1.09 bits per heavy atom. The Morgan fingerprint density at radius 3 is 2.24 bits per heavy atom. The number of rotatable bonds is 3. The summed E-state index contributed by atoms with van der Waals surface area (Å²) in [7, 11) is -0.647. The zero-order chi connectivity index (χ0) is 24.2. The van der Waals surface area contributed by atoms with Crippen LogP contribution in [0.25, 0.3) is 0 Å². The second-order valence-electron chi connectivity index (χ2n) is 9.35. The van der Waals surface area contributed by atoms with Crippen LogP contribution in [0.1, 0.15) is 38.8 Å². The maximum absolute atomic E-state index is 13.0. The summed E-state index contributed by atoms with van der Waals surface area (Å²) in [6.45, 7) is 8.06. The molecule has 2 aliphatic heterocycles. The van der Waals surface area contributed by atoms with Gasteiger partial charge in [-0.2, -0.15) is 13.2 Å². The molecule has 2 aromatic rings. The molecule has 1 saturated heterocycles.